The van der Waals surface area contributed by atoms with E-state index in [0.29, 0.717) is 6.54 Å². The molecule has 5 nitrogen and oxygen atoms in total. The monoisotopic (exact) mass is 264 g/mol. The number of nitrogens with zero attached hydrogens (tertiary/aromatic N) is 1. The Bertz CT molecular complexity index is 460. The lowest BCUT2D eigenvalue weighted by Crippen LogP contribution is -2.40. The molecule has 1 rings (SSSR count). The van der Waals surface area contributed by atoms with Crippen LogP contribution in [0, 0.1) is 12.8 Å². The van der Waals surface area contributed by atoms with Gasteiger partial charge in [-0.1, -0.05) is 31.2 Å². The van der Waals surface area contributed by atoms with Crippen molar-refractivity contribution in [1.29, 1.82) is 0 Å². The number of benzene rings is 1. The van der Waals surface area contributed by atoms with Gasteiger partial charge in [0.25, 0.3) is 0 Å². The maximum absolute atomic E-state index is 11.8. The molecule has 0 saturated carbocycles. The van der Waals surface area contributed by atoms with Gasteiger partial charge in [0.15, 0.2) is 0 Å². The number of carboxylic acid groups (broad SMARTS) is 1. The van der Waals surface area contributed by atoms with Crippen LogP contribution in [-0.2, 0) is 11.3 Å². The molecule has 19 heavy (non-hydrogen) atoms. The molecule has 0 saturated heterocycles. The van der Waals surface area contributed by atoms with Gasteiger partial charge in [-0.2, -0.15) is 0 Å². The van der Waals surface area contributed by atoms with Crippen molar-refractivity contribution < 1.29 is 14.7 Å². The van der Waals surface area contributed by atoms with Gasteiger partial charge in [-0.3, -0.25) is 4.79 Å². The van der Waals surface area contributed by atoms with Gasteiger partial charge in [-0.05, 0) is 18.1 Å². The van der Waals surface area contributed by atoms with Crippen LogP contribution in [0.2, 0.25) is 0 Å². The second-order valence-electron chi connectivity index (χ2n) is 4.71. The first-order valence-corrected chi connectivity index (χ1v) is 6.18. The van der Waals surface area contributed by atoms with Crippen LogP contribution >= 0.6 is 0 Å². The Morgan fingerprint density at radius 1 is 1.37 bits per heavy atom. The second kappa shape index (κ2) is 6.78. The number of hydrogen-bond donors (Lipinski definition) is 2. The van der Waals surface area contributed by atoms with E-state index in [9.17, 15) is 9.59 Å². The van der Waals surface area contributed by atoms with Gasteiger partial charge < -0.3 is 15.3 Å². The highest BCUT2D eigenvalue weighted by Gasteiger charge is 2.14. The molecular formula is C14H20N2O3. The molecule has 2 N–H and O–H groups in total. The average Bonchev–Trinajstić information content (AvgIpc) is 2.37. The number of carbonyl (C=O) groups excluding carboxylic acids is 1. The standard InChI is InChI=1S/C14H20N2O3/c1-10-6-4-5-7-12(10)9-16(3)14(19)15-8-11(2)13(17)18/h4-7,11H,8-9H2,1-3H3,(H,15,19)(H,17,18). The van der Waals surface area contributed by atoms with Crippen LogP contribution in [0.1, 0.15) is 18.1 Å². The van der Waals surface area contributed by atoms with Gasteiger partial charge in [0.2, 0.25) is 0 Å². The molecule has 0 fully saturated rings. The Hall–Kier alpha value is -2.04. The summed E-state index contributed by atoms with van der Waals surface area (Å²) in [5, 5.41) is 11.3. The van der Waals surface area contributed by atoms with Gasteiger partial charge in [-0.25, -0.2) is 4.79 Å². The van der Waals surface area contributed by atoms with Gasteiger partial charge in [-0.15, -0.1) is 0 Å². The first kappa shape index (κ1) is 15.0. The highest BCUT2D eigenvalue weighted by atomic mass is 16.4. The van der Waals surface area contributed by atoms with Crippen molar-refractivity contribution in [2.45, 2.75) is 20.4 Å². The van der Waals surface area contributed by atoms with Crippen LogP contribution in [0.3, 0.4) is 0 Å². The molecule has 104 valence electrons. The van der Waals surface area contributed by atoms with Crippen LogP contribution in [0.25, 0.3) is 0 Å². The summed E-state index contributed by atoms with van der Waals surface area (Å²) in [6.45, 7) is 4.18. The van der Waals surface area contributed by atoms with E-state index in [0.717, 1.165) is 11.1 Å². The van der Waals surface area contributed by atoms with Crippen molar-refractivity contribution in [3.63, 3.8) is 0 Å². The Labute approximate surface area is 113 Å². The molecule has 5 heteroatoms. The molecule has 0 bridgehead atoms. The Morgan fingerprint density at radius 2 is 2.00 bits per heavy atom. The van der Waals surface area contributed by atoms with Gasteiger partial charge in [0.1, 0.15) is 0 Å². The summed E-state index contributed by atoms with van der Waals surface area (Å²) >= 11 is 0. The zero-order valence-corrected chi connectivity index (χ0v) is 11.5. The summed E-state index contributed by atoms with van der Waals surface area (Å²) in [7, 11) is 1.69. The lowest BCUT2D eigenvalue weighted by atomic mass is 10.1. The predicted molar refractivity (Wildman–Crippen MR) is 72.8 cm³/mol. The predicted octanol–water partition coefficient (Wildman–Crippen LogP) is 1.86. The minimum atomic E-state index is -0.915. The summed E-state index contributed by atoms with van der Waals surface area (Å²) in [6, 6.07) is 7.58. The quantitative estimate of drug-likeness (QED) is 0.852. The van der Waals surface area contributed by atoms with Crippen molar-refractivity contribution in [3.8, 4) is 0 Å². The van der Waals surface area contributed by atoms with Crippen molar-refractivity contribution in [3.05, 3.63) is 35.4 Å². The third-order valence-electron chi connectivity index (χ3n) is 3.00. The number of amides is 2. The van der Waals surface area contributed by atoms with Crippen molar-refractivity contribution in [2.75, 3.05) is 13.6 Å². The summed E-state index contributed by atoms with van der Waals surface area (Å²) in [5.41, 5.74) is 2.20. The smallest absolute Gasteiger partial charge is 0.317 e. The zero-order chi connectivity index (χ0) is 14.4. The molecule has 0 aliphatic rings. The van der Waals surface area contributed by atoms with Crippen molar-refractivity contribution >= 4 is 12.0 Å². The minimum Gasteiger partial charge on any atom is -0.481 e. The van der Waals surface area contributed by atoms with E-state index >= 15 is 0 Å². The summed E-state index contributed by atoms with van der Waals surface area (Å²) in [5.74, 6) is -1.50. The minimum absolute atomic E-state index is 0.131. The van der Waals surface area contributed by atoms with E-state index < -0.39 is 11.9 Å². The molecule has 1 aromatic carbocycles. The molecule has 1 aromatic rings. The third-order valence-corrected chi connectivity index (χ3v) is 3.00. The largest absolute Gasteiger partial charge is 0.481 e. The van der Waals surface area contributed by atoms with Crippen LogP contribution in [0.4, 0.5) is 4.79 Å². The number of carboxylic acids is 1. The molecule has 1 unspecified atom stereocenters. The van der Waals surface area contributed by atoms with Crippen molar-refractivity contribution in [2.24, 2.45) is 5.92 Å². The van der Waals surface area contributed by atoms with Gasteiger partial charge in [0.05, 0.1) is 5.92 Å². The SMILES string of the molecule is Cc1ccccc1CN(C)C(=O)NCC(C)C(=O)O. The lowest BCUT2D eigenvalue weighted by Gasteiger charge is -2.19. The molecule has 0 aliphatic carbocycles. The molecule has 0 heterocycles. The lowest BCUT2D eigenvalue weighted by molar-refractivity contribution is -0.140. The summed E-state index contributed by atoms with van der Waals surface area (Å²) < 4.78 is 0. The highest BCUT2D eigenvalue weighted by molar-refractivity contribution is 5.75. The first-order chi connectivity index (χ1) is 8.91. The van der Waals surface area contributed by atoms with E-state index in [1.807, 2.05) is 31.2 Å². The number of carbonyl (C=O) groups is 2. The molecule has 0 aromatic heterocycles. The number of hydrogen-bond acceptors (Lipinski definition) is 2. The third kappa shape index (κ3) is 4.62. The number of aryl methyl sites for hydroxylation is 1. The molecular weight excluding hydrogens is 244 g/mol. The van der Waals surface area contributed by atoms with Gasteiger partial charge in [0, 0.05) is 20.1 Å². The number of aliphatic carboxylic acids is 1. The van der Waals surface area contributed by atoms with E-state index in [-0.39, 0.29) is 12.6 Å². The van der Waals surface area contributed by atoms with Crippen LogP contribution in [0.5, 0.6) is 0 Å². The van der Waals surface area contributed by atoms with Crippen LogP contribution < -0.4 is 5.32 Å². The van der Waals surface area contributed by atoms with Crippen molar-refractivity contribution in [1.82, 2.24) is 10.2 Å². The number of rotatable bonds is 5. The fraction of sp³-hybridized carbons (Fsp3) is 0.429. The summed E-state index contributed by atoms with van der Waals surface area (Å²) in [4.78, 5) is 24.0. The normalized spacial score (nSPS) is 11.7. The Kier molecular flexibility index (Phi) is 5.36. The Balaban J connectivity index is 2.50. The number of nitrogens with one attached hydrogen (secondary N) is 1. The molecule has 0 aliphatic heterocycles. The first-order valence-electron chi connectivity index (χ1n) is 6.18. The average molecular weight is 264 g/mol. The highest BCUT2D eigenvalue weighted by Crippen LogP contribution is 2.09. The maximum atomic E-state index is 11.8. The van der Waals surface area contributed by atoms with Gasteiger partial charge >= 0.3 is 12.0 Å². The topological polar surface area (TPSA) is 69.6 Å². The molecule has 0 radical (unpaired) electrons. The van der Waals surface area contributed by atoms with E-state index in [4.69, 9.17) is 5.11 Å². The molecule has 1 atom stereocenters. The molecule has 0 spiro atoms. The van der Waals surface area contributed by atoms with E-state index in [1.165, 1.54) is 4.90 Å². The zero-order valence-electron chi connectivity index (χ0n) is 11.5. The number of urea groups is 1. The molecule has 2 amide bonds. The van der Waals surface area contributed by atoms with Crippen LogP contribution in [0.15, 0.2) is 24.3 Å². The van der Waals surface area contributed by atoms with Crippen LogP contribution in [-0.4, -0.2) is 35.6 Å². The second-order valence-corrected chi connectivity index (χ2v) is 4.71. The maximum Gasteiger partial charge on any atom is 0.317 e. The fourth-order valence-electron chi connectivity index (χ4n) is 1.58. The summed E-state index contributed by atoms with van der Waals surface area (Å²) in [6.07, 6.45) is 0. The fourth-order valence-corrected chi connectivity index (χ4v) is 1.58. The van der Waals surface area contributed by atoms with E-state index in [1.54, 1.807) is 14.0 Å². The van der Waals surface area contributed by atoms with E-state index in [2.05, 4.69) is 5.32 Å². The Morgan fingerprint density at radius 3 is 2.58 bits per heavy atom.